The van der Waals surface area contributed by atoms with E-state index in [9.17, 15) is 0 Å². The van der Waals surface area contributed by atoms with Gasteiger partial charge in [-0.05, 0) is 23.5 Å². The smallest absolute Gasteiger partial charge is 0.0971 e. The van der Waals surface area contributed by atoms with Crippen molar-refractivity contribution in [3.05, 3.63) is 52.0 Å². The van der Waals surface area contributed by atoms with Crippen molar-refractivity contribution in [2.24, 2.45) is 5.73 Å². The minimum Gasteiger partial charge on any atom is -0.330 e. The van der Waals surface area contributed by atoms with Gasteiger partial charge in [0, 0.05) is 24.0 Å². The summed E-state index contributed by atoms with van der Waals surface area (Å²) in [6, 6.07) is 8.86. The molecule has 0 amide bonds. The molecule has 0 saturated heterocycles. The van der Waals surface area contributed by atoms with E-state index in [0.717, 1.165) is 11.4 Å². The van der Waals surface area contributed by atoms with E-state index in [1.165, 1.54) is 11.1 Å². The van der Waals surface area contributed by atoms with E-state index < -0.39 is 0 Å². The van der Waals surface area contributed by atoms with Gasteiger partial charge >= 0.3 is 0 Å². The molecule has 96 valence electrons. The Kier molecular flexibility index (Phi) is 4.50. The summed E-state index contributed by atoms with van der Waals surface area (Å²) >= 11 is 1.69. The molecule has 1 aromatic heterocycles. The van der Waals surface area contributed by atoms with E-state index in [1.807, 2.05) is 11.6 Å². The third-order valence-electron chi connectivity index (χ3n) is 3.21. The molecule has 1 unspecified atom stereocenters. The number of nitrogens with zero attached hydrogens (tertiary/aromatic N) is 1. The first-order valence-corrected chi connectivity index (χ1v) is 7.27. The van der Waals surface area contributed by atoms with Crippen LogP contribution in [0.1, 0.15) is 41.8 Å². The van der Waals surface area contributed by atoms with Gasteiger partial charge in [0.15, 0.2) is 0 Å². The molecule has 3 heteroatoms. The first-order chi connectivity index (χ1) is 8.70. The van der Waals surface area contributed by atoms with Gasteiger partial charge in [0.2, 0.25) is 0 Å². The summed E-state index contributed by atoms with van der Waals surface area (Å²) in [5.74, 6) is 0.929. The Balaban J connectivity index is 2.08. The van der Waals surface area contributed by atoms with Crippen LogP contribution < -0.4 is 5.73 Å². The van der Waals surface area contributed by atoms with Crippen LogP contribution in [0.15, 0.2) is 35.8 Å². The lowest BCUT2D eigenvalue weighted by Crippen LogP contribution is -2.14. The SMILES string of the molecule is CC(C)c1ccc(CC(CN)c2nccs2)cc1. The third kappa shape index (κ3) is 3.18. The van der Waals surface area contributed by atoms with Crippen molar-refractivity contribution < 1.29 is 0 Å². The van der Waals surface area contributed by atoms with Gasteiger partial charge in [-0.1, -0.05) is 38.1 Å². The summed E-state index contributed by atoms with van der Waals surface area (Å²) in [5, 5.41) is 3.16. The molecule has 0 fully saturated rings. The quantitative estimate of drug-likeness (QED) is 0.893. The van der Waals surface area contributed by atoms with Crippen LogP contribution in [-0.4, -0.2) is 11.5 Å². The largest absolute Gasteiger partial charge is 0.330 e. The van der Waals surface area contributed by atoms with E-state index in [4.69, 9.17) is 5.73 Å². The van der Waals surface area contributed by atoms with Gasteiger partial charge in [-0.15, -0.1) is 11.3 Å². The van der Waals surface area contributed by atoms with E-state index >= 15 is 0 Å². The summed E-state index contributed by atoms with van der Waals surface area (Å²) in [5.41, 5.74) is 8.58. The maximum absolute atomic E-state index is 5.86. The van der Waals surface area contributed by atoms with Crippen molar-refractivity contribution >= 4 is 11.3 Å². The maximum atomic E-state index is 5.86. The maximum Gasteiger partial charge on any atom is 0.0971 e. The summed E-state index contributed by atoms with van der Waals surface area (Å²) < 4.78 is 0. The first kappa shape index (κ1) is 13.2. The van der Waals surface area contributed by atoms with Crippen LogP contribution in [0.5, 0.6) is 0 Å². The van der Waals surface area contributed by atoms with E-state index in [2.05, 4.69) is 43.1 Å². The van der Waals surface area contributed by atoms with Gasteiger partial charge in [0.25, 0.3) is 0 Å². The number of nitrogens with two attached hydrogens (primary N) is 1. The molecule has 0 saturated carbocycles. The number of hydrogen-bond donors (Lipinski definition) is 1. The van der Waals surface area contributed by atoms with E-state index in [1.54, 1.807) is 11.3 Å². The summed E-state index contributed by atoms with van der Waals surface area (Å²) in [4.78, 5) is 4.37. The van der Waals surface area contributed by atoms with E-state index in [0.29, 0.717) is 18.4 Å². The van der Waals surface area contributed by atoms with E-state index in [-0.39, 0.29) is 0 Å². The zero-order valence-corrected chi connectivity index (χ0v) is 11.8. The second-order valence-electron chi connectivity index (χ2n) is 4.90. The van der Waals surface area contributed by atoms with Gasteiger partial charge in [0.05, 0.1) is 5.01 Å². The number of benzene rings is 1. The molecule has 0 spiro atoms. The molecule has 2 nitrogen and oxygen atoms in total. The summed E-state index contributed by atoms with van der Waals surface area (Å²) in [7, 11) is 0. The van der Waals surface area contributed by atoms with Gasteiger partial charge in [-0.2, -0.15) is 0 Å². The number of rotatable bonds is 5. The number of aromatic nitrogens is 1. The molecule has 1 atom stereocenters. The summed E-state index contributed by atoms with van der Waals surface area (Å²) in [6.07, 6.45) is 2.83. The average Bonchev–Trinajstić information content (AvgIpc) is 2.90. The molecule has 2 N–H and O–H groups in total. The Labute approximate surface area is 113 Å². The van der Waals surface area contributed by atoms with Crippen LogP contribution in [0.3, 0.4) is 0 Å². The Hall–Kier alpha value is -1.19. The number of thiazole rings is 1. The standard InChI is InChI=1S/C15H20N2S/c1-11(2)13-5-3-12(4-6-13)9-14(10-16)15-17-7-8-18-15/h3-8,11,14H,9-10,16H2,1-2H3. The van der Waals surface area contributed by atoms with Crippen LogP contribution >= 0.6 is 11.3 Å². The minimum absolute atomic E-state index is 0.342. The Morgan fingerprint density at radius 1 is 1.22 bits per heavy atom. The van der Waals surface area contributed by atoms with Gasteiger partial charge in [-0.3, -0.25) is 0 Å². The fourth-order valence-electron chi connectivity index (χ4n) is 2.03. The van der Waals surface area contributed by atoms with Gasteiger partial charge in [0.1, 0.15) is 0 Å². The highest BCUT2D eigenvalue weighted by atomic mass is 32.1. The Bertz CT molecular complexity index is 460. The summed E-state index contributed by atoms with van der Waals surface area (Å²) in [6.45, 7) is 5.08. The zero-order chi connectivity index (χ0) is 13.0. The zero-order valence-electron chi connectivity index (χ0n) is 11.0. The predicted molar refractivity (Wildman–Crippen MR) is 78.1 cm³/mol. The van der Waals surface area contributed by atoms with Gasteiger partial charge < -0.3 is 5.73 Å². The predicted octanol–water partition coefficient (Wildman–Crippen LogP) is 3.55. The van der Waals surface area contributed by atoms with Crippen LogP contribution in [-0.2, 0) is 6.42 Å². The van der Waals surface area contributed by atoms with Crippen molar-refractivity contribution in [1.29, 1.82) is 0 Å². The lowest BCUT2D eigenvalue weighted by molar-refractivity contribution is 0.688. The molecular formula is C15H20N2S. The minimum atomic E-state index is 0.342. The lowest BCUT2D eigenvalue weighted by atomic mass is 9.96. The van der Waals surface area contributed by atoms with Crippen LogP contribution in [0, 0.1) is 0 Å². The highest BCUT2D eigenvalue weighted by Crippen LogP contribution is 2.23. The highest BCUT2D eigenvalue weighted by molar-refractivity contribution is 7.09. The molecule has 2 aromatic rings. The third-order valence-corrected chi connectivity index (χ3v) is 4.15. The Morgan fingerprint density at radius 3 is 2.44 bits per heavy atom. The van der Waals surface area contributed by atoms with Crippen molar-refractivity contribution in [1.82, 2.24) is 4.98 Å². The molecule has 1 aromatic carbocycles. The van der Waals surface area contributed by atoms with Crippen molar-refractivity contribution in [2.45, 2.75) is 32.1 Å². The monoisotopic (exact) mass is 260 g/mol. The fraction of sp³-hybridized carbons (Fsp3) is 0.400. The highest BCUT2D eigenvalue weighted by Gasteiger charge is 2.13. The topological polar surface area (TPSA) is 38.9 Å². The molecule has 2 rings (SSSR count). The van der Waals surface area contributed by atoms with Crippen LogP contribution in [0.25, 0.3) is 0 Å². The molecular weight excluding hydrogens is 240 g/mol. The van der Waals surface area contributed by atoms with Crippen LogP contribution in [0.2, 0.25) is 0 Å². The molecule has 0 bridgehead atoms. The van der Waals surface area contributed by atoms with Gasteiger partial charge in [-0.25, -0.2) is 4.98 Å². The van der Waals surface area contributed by atoms with Crippen molar-refractivity contribution in [3.8, 4) is 0 Å². The lowest BCUT2D eigenvalue weighted by Gasteiger charge is -2.13. The molecule has 0 aliphatic carbocycles. The fourth-order valence-corrected chi connectivity index (χ4v) is 2.79. The molecule has 1 heterocycles. The second kappa shape index (κ2) is 6.12. The van der Waals surface area contributed by atoms with Crippen molar-refractivity contribution in [2.75, 3.05) is 6.54 Å². The molecule has 0 aliphatic heterocycles. The normalized spacial score (nSPS) is 12.9. The molecule has 0 aliphatic rings. The molecule has 0 radical (unpaired) electrons. The molecule has 18 heavy (non-hydrogen) atoms. The average molecular weight is 260 g/mol. The number of hydrogen-bond acceptors (Lipinski definition) is 3. The first-order valence-electron chi connectivity index (χ1n) is 6.39. The van der Waals surface area contributed by atoms with Crippen LogP contribution in [0.4, 0.5) is 0 Å². The second-order valence-corrected chi connectivity index (χ2v) is 5.83. The van der Waals surface area contributed by atoms with Crippen molar-refractivity contribution in [3.63, 3.8) is 0 Å². The Morgan fingerprint density at radius 2 is 1.94 bits per heavy atom.